The van der Waals surface area contributed by atoms with Gasteiger partial charge in [-0.1, -0.05) is 33.5 Å². The van der Waals surface area contributed by atoms with E-state index in [0.29, 0.717) is 0 Å². The van der Waals surface area contributed by atoms with Crippen LogP contribution in [0.1, 0.15) is 13.8 Å². The zero-order chi connectivity index (χ0) is 8.41. The van der Waals surface area contributed by atoms with Crippen LogP contribution in [0.5, 0.6) is 0 Å². The Balaban J connectivity index is 4.01. The molecule has 0 radical (unpaired) electrons. The van der Waals surface area contributed by atoms with E-state index in [2.05, 4.69) is 19.6 Å². The lowest BCUT2D eigenvalue weighted by Gasteiger charge is -2.25. The molecular formula is C8H18OSi. The highest BCUT2D eigenvalue weighted by molar-refractivity contribution is 6.76. The van der Waals surface area contributed by atoms with Crippen molar-refractivity contribution in [3.63, 3.8) is 0 Å². The molecule has 0 rings (SSSR count). The molecule has 0 saturated carbocycles. The molecule has 0 spiro atoms. The van der Waals surface area contributed by atoms with Crippen LogP contribution < -0.4 is 0 Å². The average molecular weight is 158 g/mol. The van der Waals surface area contributed by atoms with Gasteiger partial charge in [0, 0.05) is 13.5 Å². The highest BCUT2D eigenvalue weighted by atomic mass is 28.3. The highest BCUT2D eigenvalue weighted by Gasteiger charge is 2.25. The van der Waals surface area contributed by atoms with Gasteiger partial charge in [0.2, 0.25) is 0 Å². The van der Waals surface area contributed by atoms with E-state index < -0.39 is 8.07 Å². The van der Waals surface area contributed by atoms with Gasteiger partial charge in [-0.2, -0.15) is 0 Å². The molecular weight excluding hydrogens is 140 g/mol. The molecule has 0 N–H and O–H groups in total. The molecule has 0 heterocycles. The van der Waals surface area contributed by atoms with E-state index >= 15 is 0 Å². The minimum atomic E-state index is -1.04. The lowest BCUT2D eigenvalue weighted by Crippen LogP contribution is -2.29. The molecule has 2 heteroatoms. The average Bonchev–Trinajstić information content (AvgIpc) is 1.60. The van der Waals surface area contributed by atoms with E-state index in [0.717, 1.165) is 12.3 Å². The van der Waals surface area contributed by atoms with Crippen LogP contribution in [0.2, 0.25) is 25.7 Å². The summed E-state index contributed by atoms with van der Waals surface area (Å²) < 4.78 is 0. The molecule has 0 aromatic heterocycles. The van der Waals surface area contributed by atoms with E-state index in [1.807, 2.05) is 13.8 Å². The molecule has 0 saturated heterocycles. The summed E-state index contributed by atoms with van der Waals surface area (Å²) in [6.07, 6.45) is 1.07. The van der Waals surface area contributed by atoms with E-state index in [4.69, 9.17) is 0 Å². The summed E-state index contributed by atoms with van der Waals surface area (Å²) >= 11 is 0. The normalized spacial score (nSPS) is 13.3. The Morgan fingerprint density at radius 1 is 1.30 bits per heavy atom. The standard InChI is InChI=1S/C8H18OSi/c1-8(2,6-9)7-10(3,4)5/h6H,7H2,1-5H3. The van der Waals surface area contributed by atoms with Gasteiger partial charge in [0.1, 0.15) is 6.29 Å². The first-order valence-electron chi connectivity index (χ1n) is 3.73. The lowest BCUT2D eigenvalue weighted by molar-refractivity contribution is -0.113. The minimum absolute atomic E-state index is 0.0928. The first-order chi connectivity index (χ1) is 4.27. The predicted molar refractivity (Wildman–Crippen MR) is 48.0 cm³/mol. The van der Waals surface area contributed by atoms with Gasteiger partial charge in [-0.15, -0.1) is 0 Å². The van der Waals surface area contributed by atoms with Gasteiger partial charge in [0.15, 0.2) is 0 Å². The summed E-state index contributed by atoms with van der Waals surface area (Å²) in [5, 5.41) is 0. The Morgan fingerprint density at radius 3 is 1.80 bits per heavy atom. The number of carbonyl (C=O) groups is 1. The third-order valence-electron chi connectivity index (χ3n) is 1.30. The summed E-state index contributed by atoms with van der Waals surface area (Å²) in [5.74, 6) is 0. The number of aldehydes is 1. The molecule has 60 valence electrons. The Labute approximate surface area is 64.8 Å². The Morgan fingerprint density at radius 2 is 1.70 bits per heavy atom. The third kappa shape index (κ3) is 4.74. The van der Waals surface area contributed by atoms with Gasteiger partial charge in [-0.3, -0.25) is 0 Å². The maximum Gasteiger partial charge on any atom is 0.125 e. The molecule has 1 nitrogen and oxygen atoms in total. The van der Waals surface area contributed by atoms with Crippen LogP contribution in [0.25, 0.3) is 0 Å². The zero-order valence-corrected chi connectivity index (χ0v) is 8.69. The van der Waals surface area contributed by atoms with Gasteiger partial charge in [0.05, 0.1) is 0 Å². The van der Waals surface area contributed by atoms with E-state index in [9.17, 15) is 4.79 Å². The van der Waals surface area contributed by atoms with Crippen molar-refractivity contribution in [1.29, 1.82) is 0 Å². The first-order valence-corrected chi connectivity index (χ1v) is 7.44. The smallest absolute Gasteiger partial charge is 0.125 e. The largest absolute Gasteiger partial charge is 0.303 e. The topological polar surface area (TPSA) is 17.1 Å². The van der Waals surface area contributed by atoms with Crippen molar-refractivity contribution in [3.05, 3.63) is 0 Å². The monoisotopic (exact) mass is 158 g/mol. The van der Waals surface area contributed by atoms with Crippen molar-refractivity contribution in [1.82, 2.24) is 0 Å². The molecule has 0 aliphatic heterocycles. The Bertz CT molecular complexity index is 122. The molecule has 0 aromatic carbocycles. The second-order valence-corrected chi connectivity index (χ2v) is 10.3. The zero-order valence-electron chi connectivity index (χ0n) is 7.69. The van der Waals surface area contributed by atoms with Crippen LogP contribution in [0.15, 0.2) is 0 Å². The molecule has 0 unspecified atom stereocenters. The van der Waals surface area contributed by atoms with Crippen molar-refractivity contribution in [2.45, 2.75) is 39.5 Å². The lowest BCUT2D eigenvalue weighted by atomic mass is 9.99. The summed E-state index contributed by atoms with van der Waals surface area (Å²) in [6.45, 7) is 10.9. The molecule has 0 amide bonds. The van der Waals surface area contributed by atoms with E-state index in [1.54, 1.807) is 0 Å². The molecule has 0 aliphatic rings. The third-order valence-corrected chi connectivity index (χ3v) is 3.28. The SMILES string of the molecule is CC(C)(C=O)C[Si](C)(C)C. The van der Waals surface area contributed by atoms with Gasteiger partial charge < -0.3 is 4.79 Å². The van der Waals surface area contributed by atoms with Crippen molar-refractivity contribution >= 4 is 14.4 Å². The first kappa shape index (κ1) is 9.89. The van der Waals surface area contributed by atoms with Crippen molar-refractivity contribution in [2.75, 3.05) is 0 Å². The molecule has 10 heavy (non-hydrogen) atoms. The van der Waals surface area contributed by atoms with Crippen LogP contribution >= 0.6 is 0 Å². The predicted octanol–water partition coefficient (Wildman–Crippen LogP) is 2.55. The summed E-state index contributed by atoms with van der Waals surface area (Å²) in [4.78, 5) is 10.5. The van der Waals surface area contributed by atoms with Crippen LogP contribution in [-0.2, 0) is 4.79 Å². The molecule has 0 atom stereocenters. The molecule has 0 aromatic rings. The fraction of sp³-hybridized carbons (Fsp3) is 0.875. The number of carbonyl (C=O) groups excluding carboxylic acids is 1. The summed E-state index contributed by atoms with van der Waals surface area (Å²) in [6, 6.07) is 1.09. The Kier molecular flexibility index (Phi) is 2.83. The van der Waals surface area contributed by atoms with Gasteiger partial charge >= 0.3 is 0 Å². The molecule has 0 fully saturated rings. The van der Waals surface area contributed by atoms with Gasteiger partial charge in [-0.05, 0) is 6.04 Å². The number of hydrogen-bond acceptors (Lipinski definition) is 1. The molecule has 0 bridgehead atoms. The quantitative estimate of drug-likeness (QED) is 0.456. The van der Waals surface area contributed by atoms with Gasteiger partial charge in [0.25, 0.3) is 0 Å². The number of rotatable bonds is 3. The Hall–Kier alpha value is -0.113. The second kappa shape index (κ2) is 2.87. The fourth-order valence-corrected chi connectivity index (χ4v) is 4.23. The minimum Gasteiger partial charge on any atom is -0.303 e. The van der Waals surface area contributed by atoms with Crippen molar-refractivity contribution in [2.24, 2.45) is 5.41 Å². The van der Waals surface area contributed by atoms with Crippen LogP contribution in [-0.4, -0.2) is 14.4 Å². The highest BCUT2D eigenvalue weighted by Crippen LogP contribution is 2.25. The summed E-state index contributed by atoms with van der Waals surface area (Å²) in [7, 11) is -1.04. The summed E-state index contributed by atoms with van der Waals surface area (Å²) in [5.41, 5.74) is -0.0928. The number of hydrogen-bond donors (Lipinski definition) is 0. The van der Waals surface area contributed by atoms with E-state index in [-0.39, 0.29) is 5.41 Å². The fourth-order valence-electron chi connectivity index (χ4n) is 1.41. The van der Waals surface area contributed by atoms with E-state index in [1.165, 1.54) is 0 Å². The van der Waals surface area contributed by atoms with Crippen molar-refractivity contribution in [3.8, 4) is 0 Å². The molecule has 0 aliphatic carbocycles. The maximum absolute atomic E-state index is 10.5. The maximum atomic E-state index is 10.5. The van der Waals surface area contributed by atoms with Crippen molar-refractivity contribution < 1.29 is 4.79 Å². The van der Waals surface area contributed by atoms with Crippen LogP contribution in [0.3, 0.4) is 0 Å². The van der Waals surface area contributed by atoms with Crippen LogP contribution in [0.4, 0.5) is 0 Å². The van der Waals surface area contributed by atoms with Crippen LogP contribution in [0, 0.1) is 5.41 Å². The van der Waals surface area contributed by atoms with Gasteiger partial charge in [-0.25, -0.2) is 0 Å². The second-order valence-electron chi connectivity index (χ2n) is 4.84.